The molecule has 1 amide bonds. The quantitative estimate of drug-likeness (QED) is 0.435. The van der Waals surface area contributed by atoms with Crippen LogP contribution in [0.1, 0.15) is 13.8 Å². The third kappa shape index (κ3) is 4.04. The van der Waals surface area contributed by atoms with E-state index in [4.69, 9.17) is 4.42 Å². The number of fused-ring (bicyclic) bond motifs is 2. The minimum Gasteiger partial charge on any atom is -0.508 e. The molecule has 6 heteroatoms. The van der Waals surface area contributed by atoms with Crippen molar-refractivity contribution >= 4 is 22.6 Å². The first-order chi connectivity index (χ1) is 14.4. The molecule has 152 valence electrons. The van der Waals surface area contributed by atoms with Crippen molar-refractivity contribution in [2.75, 3.05) is 11.9 Å². The Balaban J connectivity index is 1.82. The zero-order valence-electron chi connectivity index (χ0n) is 16.7. The summed E-state index contributed by atoms with van der Waals surface area (Å²) in [7, 11) is 0. The van der Waals surface area contributed by atoms with Gasteiger partial charge in [0.1, 0.15) is 17.1 Å². The molecule has 2 aromatic rings. The fourth-order valence-electron chi connectivity index (χ4n) is 3.42. The van der Waals surface area contributed by atoms with Crippen LogP contribution in [0.5, 0.6) is 5.75 Å². The van der Waals surface area contributed by atoms with Crippen molar-refractivity contribution in [3.8, 4) is 28.2 Å². The van der Waals surface area contributed by atoms with Crippen LogP contribution in [0.3, 0.4) is 0 Å². The number of hydrogen-bond donors (Lipinski definition) is 3. The maximum absolute atomic E-state index is 12.2. The molecule has 1 heterocycles. The second-order valence-electron chi connectivity index (χ2n) is 7.48. The van der Waals surface area contributed by atoms with Gasteiger partial charge in [0, 0.05) is 40.4 Å². The summed E-state index contributed by atoms with van der Waals surface area (Å²) >= 11 is 0. The van der Waals surface area contributed by atoms with Crippen molar-refractivity contribution in [2.45, 2.75) is 19.9 Å². The Bertz CT molecular complexity index is 1260. The Morgan fingerprint density at radius 1 is 1.07 bits per heavy atom. The number of amides is 1. The van der Waals surface area contributed by atoms with E-state index < -0.39 is 0 Å². The summed E-state index contributed by atoms with van der Waals surface area (Å²) < 4.78 is 5.88. The molecule has 0 saturated heterocycles. The highest BCUT2D eigenvalue weighted by atomic mass is 16.3. The topological polar surface area (TPSA) is 91.6 Å². The van der Waals surface area contributed by atoms with Gasteiger partial charge < -0.3 is 20.2 Å². The molecule has 2 aliphatic rings. The summed E-state index contributed by atoms with van der Waals surface area (Å²) in [5.74, 6) is 0.388. The van der Waals surface area contributed by atoms with E-state index in [0.717, 1.165) is 22.1 Å². The van der Waals surface area contributed by atoms with Crippen molar-refractivity contribution in [3.63, 3.8) is 0 Å². The lowest BCUT2D eigenvalue weighted by Gasteiger charge is -2.16. The highest BCUT2D eigenvalue weighted by molar-refractivity contribution is 6.03. The Labute approximate surface area is 173 Å². The van der Waals surface area contributed by atoms with E-state index in [9.17, 15) is 14.7 Å². The number of hydrogen-bond acceptors (Lipinski definition) is 5. The van der Waals surface area contributed by atoms with Gasteiger partial charge in [-0.3, -0.25) is 9.59 Å². The first kappa shape index (κ1) is 19.7. The maximum atomic E-state index is 12.2. The number of aromatic hydroxyl groups is 1. The van der Waals surface area contributed by atoms with E-state index in [2.05, 4.69) is 10.6 Å². The zero-order chi connectivity index (χ0) is 21.3. The summed E-state index contributed by atoms with van der Waals surface area (Å²) in [4.78, 5) is 24.1. The van der Waals surface area contributed by atoms with E-state index in [1.165, 1.54) is 18.2 Å². The molecule has 6 nitrogen and oxygen atoms in total. The number of phenolic OH excluding ortho intramolecular Hbond substituents is 1. The molecule has 0 aromatic heterocycles. The normalized spacial score (nSPS) is 11.3. The minimum atomic E-state index is -0.157. The van der Waals surface area contributed by atoms with Gasteiger partial charge in [-0.25, -0.2) is 0 Å². The lowest BCUT2D eigenvalue weighted by Crippen LogP contribution is -2.32. The number of anilines is 1. The van der Waals surface area contributed by atoms with Gasteiger partial charge >= 0.3 is 0 Å². The molecule has 0 radical (unpaired) electrons. The van der Waals surface area contributed by atoms with Crippen LogP contribution >= 0.6 is 0 Å². The first-order valence-corrected chi connectivity index (χ1v) is 9.74. The maximum Gasteiger partial charge on any atom is 0.238 e. The average Bonchev–Trinajstić information content (AvgIpc) is 2.70. The van der Waals surface area contributed by atoms with Gasteiger partial charge in [-0.05, 0) is 42.0 Å². The SMILES string of the molecule is CC(C)NCC(=O)Nc1cccc(-c2c3ccc(=O)cc-3oc3cc(O)ccc23)c1. The Kier molecular flexibility index (Phi) is 5.25. The highest BCUT2D eigenvalue weighted by Gasteiger charge is 2.18. The van der Waals surface area contributed by atoms with E-state index in [1.54, 1.807) is 18.2 Å². The number of benzene rings is 3. The van der Waals surface area contributed by atoms with Gasteiger partial charge in [-0.15, -0.1) is 0 Å². The lowest BCUT2D eigenvalue weighted by atomic mass is 9.93. The molecule has 0 unspecified atom stereocenters. The smallest absolute Gasteiger partial charge is 0.238 e. The lowest BCUT2D eigenvalue weighted by molar-refractivity contribution is -0.115. The van der Waals surface area contributed by atoms with Crippen LogP contribution in [0.25, 0.3) is 33.4 Å². The summed E-state index contributed by atoms with van der Waals surface area (Å²) in [6, 6.07) is 17.3. The van der Waals surface area contributed by atoms with Crippen molar-refractivity contribution in [1.29, 1.82) is 0 Å². The monoisotopic (exact) mass is 402 g/mol. The number of carbonyl (C=O) groups is 1. The van der Waals surface area contributed by atoms with Crippen LogP contribution in [0, 0.1) is 0 Å². The molecule has 0 atom stereocenters. The first-order valence-electron chi connectivity index (χ1n) is 9.74. The molecule has 1 aliphatic carbocycles. The van der Waals surface area contributed by atoms with Crippen molar-refractivity contribution in [1.82, 2.24) is 5.32 Å². The molecule has 0 bridgehead atoms. The average molecular weight is 402 g/mol. The summed E-state index contributed by atoms with van der Waals surface area (Å²) in [5.41, 5.74) is 3.48. The Morgan fingerprint density at radius 2 is 1.90 bits per heavy atom. The molecular formula is C24H22N2O4. The standard InChI is InChI=1S/C24H22N2O4/c1-14(2)25-13-23(29)26-16-5-3-4-15(10-16)24-19-8-6-17(27)11-21(19)30-22-12-18(28)7-9-20(22)24/h3-12,14,25,27H,13H2,1-2H3,(H,26,29). The molecule has 2 aromatic carbocycles. The third-order valence-electron chi connectivity index (χ3n) is 4.78. The van der Waals surface area contributed by atoms with Gasteiger partial charge in [0.25, 0.3) is 0 Å². The fourth-order valence-corrected chi connectivity index (χ4v) is 3.42. The van der Waals surface area contributed by atoms with E-state index in [0.29, 0.717) is 17.0 Å². The van der Waals surface area contributed by atoms with Crippen LogP contribution in [0.4, 0.5) is 5.69 Å². The van der Waals surface area contributed by atoms with Gasteiger partial charge in [0.05, 0.1) is 6.54 Å². The number of nitrogens with one attached hydrogen (secondary N) is 2. The Morgan fingerprint density at radius 3 is 2.70 bits per heavy atom. The van der Waals surface area contributed by atoms with E-state index >= 15 is 0 Å². The Hall–Kier alpha value is -3.64. The van der Waals surface area contributed by atoms with Crippen molar-refractivity contribution in [3.05, 3.63) is 70.9 Å². The minimum absolute atomic E-state index is 0.0773. The van der Waals surface area contributed by atoms with Crippen LogP contribution in [-0.2, 0) is 4.79 Å². The molecule has 1 aliphatic heterocycles. The molecule has 3 N–H and O–H groups in total. The molecule has 0 saturated carbocycles. The second-order valence-corrected chi connectivity index (χ2v) is 7.48. The largest absolute Gasteiger partial charge is 0.508 e. The predicted molar refractivity (Wildman–Crippen MR) is 118 cm³/mol. The third-order valence-corrected chi connectivity index (χ3v) is 4.78. The van der Waals surface area contributed by atoms with Crippen LogP contribution in [-0.4, -0.2) is 23.6 Å². The highest BCUT2D eigenvalue weighted by Crippen LogP contribution is 2.41. The summed E-state index contributed by atoms with van der Waals surface area (Å²) in [6.07, 6.45) is 0. The molecule has 4 rings (SSSR count). The van der Waals surface area contributed by atoms with Gasteiger partial charge in [-0.1, -0.05) is 26.0 Å². The van der Waals surface area contributed by atoms with Crippen molar-refractivity contribution in [2.24, 2.45) is 0 Å². The van der Waals surface area contributed by atoms with Gasteiger partial charge in [0.15, 0.2) is 5.43 Å². The molecule has 30 heavy (non-hydrogen) atoms. The fraction of sp³-hybridized carbons (Fsp3) is 0.167. The summed E-state index contributed by atoms with van der Waals surface area (Å²) in [5, 5.41) is 16.7. The van der Waals surface area contributed by atoms with Gasteiger partial charge in [0.2, 0.25) is 5.91 Å². The predicted octanol–water partition coefficient (Wildman–Crippen LogP) is 4.21. The second kappa shape index (κ2) is 8.00. The van der Waals surface area contributed by atoms with Crippen LogP contribution < -0.4 is 16.1 Å². The zero-order valence-corrected chi connectivity index (χ0v) is 16.7. The summed E-state index contributed by atoms with van der Waals surface area (Å²) in [6.45, 7) is 4.19. The van der Waals surface area contributed by atoms with Crippen LogP contribution in [0.15, 0.2) is 69.9 Å². The van der Waals surface area contributed by atoms with Crippen LogP contribution in [0.2, 0.25) is 0 Å². The number of phenols is 1. The molecule has 0 fully saturated rings. The number of carbonyl (C=O) groups excluding carboxylic acids is 1. The molecule has 0 spiro atoms. The van der Waals surface area contributed by atoms with Gasteiger partial charge in [-0.2, -0.15) is 0 Å². The van der Waals surface area contributed by atoms with E-state index in [1.807, 2.05) is 38.1 Å². The van der Waals surface area contributed by atoms with Crippen molar-refractivity contribution < 1.29 is 14.3 Å². The van der Waals surface area contributed by atoms with E-state index in [-0.39, 0.29) is 29.7 Å². The number of rotatable bonds is 5. The molecular weight excluding hydrogens is 380 g/mol.